The van der Waals surface area contributed by atoms with Gasteiger partial charge in [0.1, 0.15) is 11.5 Å². The second kappa shape index (κ2) is 9.10. The average Bonchev–Trinajstić information content (AvgIpc) is 2.74. The van der Waals surface area contributed by atoms with Crippen LogP contribution in [0.3, 0.4) is 0 Å². The van der Waals surface area contributed by atoms with Crippen molar-refractivity contribution in [3.8, 4) is 11.4 Å². The summed E-state index contributed by atoms with van der Waals surface area (Å²) in [5.74, 6) is -0.313. The number of H-pyrrole nitrogens is 1. The first-order chi connectivity index (χ1) is 14.0. The summed E-state index contributed by atoms with van der Waals surface area (Å²) >= 11 is 0. The largest absolute Gasteiger partial charge is 0.462 e. The first-order valence-electron chi connectivity index (χ1n) is 9.45. The highest BCUT2D eigenvalue weighted by molar-refractivity contribution is 5.95. The molecule has 0 saturated heterocycles. The molecule has 0 bridgehead atoms. The van der Waals surface area contributed by atoms with Crippen molar-refractivity contribution in [1.82, 2.24) is 9.97 Å². The summed E-state index contributed by atoms with van der Waals surface area (Å²) in [5.41, 5.74) is 1.90. The molecule has 0 unspecified atom stereocenters. The van der Waals surface area contributed by atoms with Crippen LogP contribution in [-0.4, -0.2) is 28.3 Å². The third-order valence-corrected chi connectivity index (χ3v) is 4.56. The van der Waals surface area contributed by atoms with Gasteiger partial charge in [-0.05, 0) is 30.5 Å². The van der Waals surface area contributed by atoms with E-state index in [-0.39, 0.29) is 35.3 Å². The van der Waals surface area contributed by atoms with Crippen molar-refractivity contribution in [2.75, 3.05) is 6.61 Å². The lowest BCUT2D eigenvalue weighted by Gasteiger charge is -2.12. The average molecular weight is 390 g/mol. The number of carbonyl (C=O) groups is 2. The van der Waals surface area contributed by atoms with Crippen LogP contribution in [0.25, 0.3) is 11.4 Å². The maximum Gasteiger partial charge on any atom is 0.338 e. The van der Waals surface area contributed by atoms with Crippen molar-refractivity contribution in [2.45, 2.75) is 26.2 Å². The zero-order valence-corrected chi connectivity index (χ0v) is 16.3. The fourth-order valence-corrected chi connectivity index (χ4v) is 3.00. The van der Waals surface area contributed by atoms with Gasteiger partial charge in [0.05, 0.1) is 12.2 Å². The van der Waals surface area contributed by atoms with Crippen molar-refractivity contribution in [2.24, 2.45) is 0 Å². The number of aromatic nitrogens is 2. The number of carbonyl (C=O) groups excluding carboxylic acids is 2. The van der Waals surface area contributed by atoms with Crippen molar-refractivity contribution >= 4 is 11.8 Å². The lowest BCUT2D eigenvalue weighted by atomic mass is 9.94. The van der Waals surface area contributed by atoms with Crippen LogP contribution in [0.5, 0.6) is 0 Å². The predicted octanol–water partition coefficient (Wildman–Crippen LogP) is 3.99. The van der Waals surface area contributed by atoms with Crippen LogP contribution in [0, 0.1) is 0 Å². The number of esters is 1. The Morgan fingerprint density at radius 1 is 1.07 bits per heavy atom. The molecule has 29 heavy (non-hydrogen) atoms. The molecule has 1 atom stereocenters. The van der Waals surface area contributed by atoms with Crippen LogP contribution >= 0.6 is 0 Å². The van der Waals surface area contributed by atoms with Crippen molar-refractivity contribution in [3.05, 3.63) is 87.8 Å². The first-order valence-corrected chi connectivity index (χ1v) is 9.45. The number of benzene rings is 2. The molecule has 0 aliphatic rings. The van der Waals surface area contributed by atoms with Crippen LogP contribution in [0.1, 0.15) is 52.6 Å². The number of nitrogens with one attached hydrogen (secondary N) is 1. The van der Waals surface area contributed by atoms with E-state index in [0.29, 0.717) is 18.0 Å². The number of nitrogens with zero attached hydrogens (tertiary/aromatic N) is 1. The Hall–Kier alpha value is -3.54. The minimum absolute atomic E-state index is 0.0972. The van der Waals surface area contributed by atoms with Gasteiger partial charge in [-0.1, -0.05) is 49.4 Å². The van der Waals surface area contributed by atoms with E-state index in [1.165, 1.54) is 6.07 Å². The molecular formula is C23H22N2O4. The number of hydrogen-bond acceptors (Lipinski definition) is 5. The fraction of sp³-hybridized carbons (Fsp3) is 0.217. The minimum atomic E-state index is -0.371. The molecule has 148 valence electrons. The Bertz CT molecular complexity index is 1060. The SMILES string of the molecule is CCOC(=O)c1ccc([C@@H](C)CC(=O)c2cc(=O)[nH]c(-c3ccccc3)n2)cc1. The van der Waals surface area contributed by atoms with Crippen LogP contribution < -0.4 is 5.56 Å². The molecule has 0 spiro atoms. The summed E-state index contributed by atoms with van der Waals surface area (Å²) in [6.45, 7) is 3.99. The molecule has 6 nitrogen and oxygen atoms in total. The Morgan fingerprint density at radius 2 is 1.76 bits per heavy atom. The van der Waals surface area contributed by atoms with Gasteiger partial charge in [-0.3, -0.25) is 9.59 Å². The minimum Gasteiger partial charge on any atom is -0.462 e. The van der Waals surface area contributed by atoms with Gasteiger partial charge in [0, 0.05) is 18.1 Å². The van der Waals surface area contributed by atoms with E-state index < -0.39 is 0 Å². The molecule has 3 rings (SSSR count). The fourth-order valence-electron chi connectivity index (χ4n) is 3.00. The van der Waals surface area contributed by atoms with Gasteiger partial charge in [0.2, 0.25) is 0 Å². The number of aromatic amines is 1. The summed E-state index contributed by atoms with van der Waals surface area (Å²) < 4.78 is 4.98. The second-order valence-corrected chi connectivity index (χ2v) is 6.72. The van der Waals surface area contributed by atoms with E-state index >= 15 is 0 Å². The standard InChI is InChI=1S/C23H22N2O4/c1-3-29-23(28)18-11-9-16(10-12-18)15(2)13-20(26)19-14-21(27)25-22(24-19)17-7-5-4-6-8-17/h4-12,14-15H,3,13H2,1-2H3,(H,24,25,27)/t15-/m0/s1. The van der Waals surface area contributed by atoms with Crippen LogP contribution in [0.2, 0.25) is 0 Å². The molecule has 2 aromatic carbocycles. The highest BCUT2D eigenvalue weighted by Gasteiger charge is 2.17. The summed E-state index contributed by atoms with van der Waals surface area (Å²) in [5, 5.41) is 0. The van der Waals surface area contributed by atoms with Crippen molar-refractivity contribution in [3.63, 3.8) is 0 Å². The van der Waals surface area contributed by atoms with Crippen LogP contribution in [0.15, 0.2) is 65.5 Å². The van der Waals surface area contributed by atoms with E-state index in [2.05, 4.69) is 9.97 Å². The third-order valence-electron chi connectivity index (χ3n) is 4.56. The second-order valence-electron chi connectivity index (χ2n) is 6.72. The van der Waals surface area contributed by atoms with Gasteiger partial charge in [-0.25, -0.2) is 9.78 Å². The zero-order chi connectivity index (χ0) is 20.8. The molecule has 1 aromatic heterocycles. The Labute approximate surface area is 168 Å². The normalized spacial score (nSPS) is 11.7. The topological polar surface area (TPSA) is 89.1 Å². The molecule has 0 amide bonds. The molecule has 6 heteroatoms. The van der Waals surface area contributed by atoms with Gasteiger partial charge in [-0.2, -0.15) is 0 Å². The van der Waals surface area contributed by atoms with E-state index in [4.69, 9.17) is 4.74 Å². The van der Waals surface area contributed by atoms with E-state index in [9.17, 15) is 14.4 Å². The Morgan fingerprint density at radius 3 is 2.41 bits per heavy atom. The molecule has 0 saturated carbocycles. The smallest absolute Gasteiger partial charge is 0.338 e. The van der Waals surface area contributed by atoms with E-state index in [1.807, 2.05) is 49.4 Å². The number of Topliss-reactive ketones (excluding diaryl/α,β-unsaturated/α-hetero) is 1. The first kappa shape index (κ1) is 20.2. The van der Waals surface area contributed by atoms with Gasteiger partial charge < -0.3 is 9.72 Å². The third kappa shape index (κ3) is 5.04. The summed E-state index contributed by atoms with van der Waals surface area (Å²) in [4.78, 5) is 43.5. The van der Waals surface area contributed by atoms with Gasteiger partial charge in [0.25, 0.3) is 5.56 Å². The highest BCUT2D eigenvalue weighted by atomic mass is 16.5. The molecule has 1 N–H and O–H groups in total. The van der Waals surface area contributed by atoms with Crippen LogP contribution in [0.4, 0.5) is 0 Å². The predicted molar refractivity (Wildman–Crippen MR) is 110 cm³/mol. The molecule has 0 fully saturated rings. The molecule has 0 aliphatic heterocycles. The van der Waals surface area contributed by atoms with E-state index in [0.717, 1.165) is 11.1 Å². The summed E-state index contributed by atoms with van der Waals surface area (Å²) in [7, 11) is 0. The monoisotopic (exact) mass is 390 g/mol. The van der Waals surface area contributed by atoms with Gasteiger partial charge >= 0.3 is 5.97 Å². The quantitative estimate of drug-likeness (QED) is 0.487. The highest BCUT2D eigenvalue weighted by Crippen LogP contribution is 2.22. The van der Waals surface area contributed by atoms with Gasteiger partial charge in [0.15, 0.2) is 5.78 Å². The molecule has 0 aliphatic carbocycles. The van der Waals surface area contributed by atoms with Gasteiger partial charge in [-0.15, -0.1) is 0 Å². The maximum atomic E-state index is 12.7. The molecule has 0 radical (unpaired) electrons. The maximum absolute atomic E-state index is 12.7. The summed E-state index contributed by atoms with van der Waals surface area (Å²) in [6, 6.07) is 17.4. The molecule has 3 aromatic rings. The molecule has 1 heterocycles. The number of ketones is 1. The lowest BCUT2D eigenvalue weighted by molar-refractivity contribution is 0.0526. The van der Waals surface area contributed by atoms with Crippen molar-refractivity contribution < 1.29 is 14.3 Å². The summed E-state index contributed by atoms with van der Waals surface area (Å²) in [6.07, 6.45) is 0.198. The molecular weight excluding hydrogens is 368 g/mol. The Balaban J connectivity index is 1.75. The van der Waals surface area contributed by atoms with Crippen molar-refractivity contribution in [1.29, 1.82) is 0 Å². The van der Waals surface area contributed by atoms with E-state index in [1.54, 1.807) is 19.1 Å². The lowest BCUT2D eigenvalue weighted by Crippen LogP contribution is -2.15. The zero-order valence-electron chi connectivity index (χ0n) is 16.3. The van der Waals surface area contributed by atoms with Crippen LogP contribution in [-0.2, 0) is 4.74 Å². The number of rotatable bonds is 7. The number of ether oxygens (including phenoxy) is 1. The number of hydrogen-bond donors (Lipinski definition) is 1. The Kier molecular flexibility index (Phi) is 6.34.